The maximum Gasteiger partial charge on any atom is 0.135 e. The average Bonchev–Trinajstić information content (AvgIpc) is 3.65. The Morgan fingerprint density at radius 3 is 1.61 bits per heavy atom. The maximum absolute atomic E-state index is 6.12. The average molecular weight is 714 g/mol. The van der Waals surface area contributed by atoms with Crippen LogP contribution in [0.25, 0.3) is 87.6 Å². The maximum atomic E-state index is 6.12. The van der Waals surface area contributed by atoms with Crippen molar-refractivity contribution in [3.8, 4) is 33.4 Å². The zero-order valence-corrected chi connectivity index (χ0v) is 30.6. The number of furan rings is 1. The lowest BCUT2D eigenvalue weighted by atomic mass is 9.97. The number of anilines is 3. The van der Waals surface area contributed by atoms with Crippen molar-refractivity contribution in [3.63, 3.8) is 0 Å². The normalized spacial score (nSPS) is 11.6. The van der Waals surface area contributed by atoms with Gasteiger partial charge in [-0.3, -0.25) is 0 Å². The molecule has 0 fully saturated rings. The second-order valence-electron chi connectivity index (χ2n) is 14.5. The summed E-state index contributed by atoms with van der Waals surface area (Å²) in [6, 6.07) is 76.6. The molecule has 10 aromatic carbocycles. The number of nitrogens with zero attached hydrogens (tertiary/aromatic N) is 1. The SMILES string of the molecule is c1cc(-c2cccc3ccccc23)cc(N(c2ccc(-c3ccc4c(ccc5ccccc54)c3)cc2)c2ccc(-c3ccc4oc5ccccc5c4c3)cc2)c1. The molecule has 0 unspecified atom stereocenters. The lowest BCUT2D eigenvalue weighted by molar-refractivity contribution is 0.669. The number of para-hydroxylation sites is 1. The highest BCUT2D eigenvalue weighted by atomic mass is 16.3. The molecule has 0 aliphatic carbocycles. The minimum Gasteiger partial charge on any atom is -0.456 e. The fraction of sp³-hybridized carbons (Fsp3) is 0. The van der Waals surface area contributed by atoms with E-state index in [9.17, 15) is 0 Å². The van der Waals surface area contributed by atoms with Gasteiger partial charge < -0.3 is 9.32 Å². The van der Waals surface area contributed by atoms with E-state index in [4.69, 9.17) is 4.42 Å². The zero-order chi connectivity index (χ0) is 37.0. The van der Waals surface area contributed by atoms with Gasteiger partial charge in [-0.25, -0.2) is 0 Å². The molecule has 0 atom stereocenters. The van der Waals surface area contributed by atoms with Gasteiger partial charge in [-0.1, -0.05) is 152 Å². The van der Waals surface area contributed by atoms with Crippen molar-refractivity contribution < 1.29 is 4.42 Å². The van der Waals surface area contributed by atoms with E-state index < -0.39 is 0 Å². The molecular formula is C54H35NO. The second-order valence-corrected chi connectivity index (χ2v) is 14.5. The fourth-order valence-corrected chi connectivity index (χ4v) is 8.44. The van der Waals surface area contributed by atoms with Gasteiger partial charge in [-0.2, -0.15) is 0 Å². The predicted octanol–water partition coefficient (Wildman–Crippen LogP) is 15.5. The summed E-state index contributed by atoms with van der Waals surface area (Å²) in [6.07, 6.45) is 0. The molecule has 0 aliphatic rings. The first kappa shape index (κ1) is 32.0. The number of hydrogen-bond donors (Lipinski definition) is 0. The third kappa shape index (κ3) is 5.51. The molecule has 2 heteroatoms. The second kappa shape index (κ2) is 13.2. The zero-order valence-electron chi connectivity index (χ0n) is 30.6. The predicted molar refractivity (Wildman–Crippen MR) is 237 cm³/mol. The first-order valence-electron chi connectivity index (χ1n) is 19.2. The molecule has 0 saturated carbocycles. The van der Waals surface area contributed by atoms with Crippen LogP contribution in [-0.2, 0) is 0 Å². The van der Waals surface area contributed by atoms with Crippen LogP contribution < -0.4 is 4.90 Å². The van der Waals surface area contributed by atoms with Crippen LogP contribution in [0.3, 0.4) is 0 Å². The molecule has 262 valence electrons. The molecule has 0 N–H and O–H groups in total. The highest BCUT2D eigenvalue weighted by Gasteiger charge is 2.16. The van der Waals surface area contributed by atoms with Gasteiger partial charge in [0.05, 0.1) is 0 Å². The molecule has 56 heavy (non-hydrogen) atoms. The van der Waals surface area contributed by atoms with Crippen LogP contribution in [0.15, 0.2) is 217 Å². The summed E-state index contributed by atoms with van der Waals surface area (Å²) in [5.41, 5.74) is 12.2. The molecule has 2 nitrogen and oxygen atoms in total. The van der Waals surface area contributed by atoms with E-state index >= 15 is 0 Å². The Bertz CT molecular complexity index is 3240. The molecule has 0 aliphatic heterocycles. The van der Waals surface area contributed by atoms with Gasteiger partial charge in [0.15, 0.2) is 0 Å². The summed E-state index contributed by atoms with van der Waals surface area (Å²) in [4.78, 5) is 2.36. The van der Waals surface area contributed by atoms with Crippen molar-refractivity contribution >= 4 is 71.3 Å². The van der Waals surface area contributed by atoms with Gasteiger partial charge >= 0.3 is 0 Å². The summed E-state index contributed by atoms with van der Waals surface area (Å²) in [7, 11) is 0. The molecule has 0 saturated heterocycles. The van der Waals surface area contributed by atoms with Crippen LogP contribution in [0.2, 0.25) is 0 Å². The Morgan fingerprint density at radius 1 is 0.268 bits per heavy atom. The molecule has 1 aromatic heterocycles. The molecule has 1 heterocycles. The van der Waals surface area contributed by atoms with Crippen molar-refractivity contribution in [3.05, 3.63) is 212 Å². The summed E-state index contributed by atoms with van der Waals surface area (Å²) in [5.74, 6) is 0. The van der Waals surface area contributed by atoms with Crippen molar-refractivity contribution in [1.82, 2.24) is 0 Å². The minimum atomic E-state index is 0.907. The number of fused-ring (bicyclic) bond motifs is 7. The molecule has 0 amide bonds. The first-order valence-corrected chi connectivity index (χ1v) is 19.2. The smallest absolute Gasteiger partial charge is 0.135 e. The summed E-state index contributed by atoms with van der Waals surface area (Å²) >= 11 is 0. The van der Waals surface area contributed by atoms with Crippen LogP contribution in [-0.4, -0.2) is 0 Å². The van der Waals surface area contributed by atoms with Gasteiger partial charge in [-0.05, 0) is 126 Å². The highest BCUT2D eigenvalue weighted by molar-refractivity contribution is 6.09. The van der Waals surface area contributed by atoms with Crippen molar-refractivity contribution in [1.29, 1.82) is 0 Å². The van der Waals surface area contributed by atoms with E-state index in [1.807, 2.05) is 12.1 Å². The Kier molecular flexibility index (Phi) is 7.53. The largest absolute Gasteiger partial charge is 0.456 e. The Hall–Kier alpha value is -7.42. The van der Waals surface area contributed by atoms with Gasteiger partial charge in [0.1, 0.15) is 11.2 Å². The summed E-state index contributed by atoms with van der Waals surface area (Å²) in [6.45, 7) is 0. The molecular weight excluding hydrogens is 679 g/mol. The van der Waals surface area contributed by atoms with E-state index in [-0.39, 0.29) is 0 Å². The van der Waals surface area contributed by atoms with E-state index in [1.165, 1.54) is 54.6 Å². The molecule has 11 aromatic rings. The molecule has 0 bridgehead atoms. The summed E-state index contributed by atoms with van der Waals surface area (Å²) in [5, 5.41) is 9.84. The van der Waals surface area contributed by atoms with Crippen LogP contribution in [0, 0.1) is 0 Å². The lowest BCUT2D eigenvalue weighted by Gasteiger charge is -2.26. The standard InChI is InChI=1S/C54H35NO/c1-3-14-47-38(9-1)11-8-17-49(47)42-12-7-13-46(34-42)55(45-29-23-37(24-30-45)41-26-32-54-52(35-41)51-16-5-6-18-53(51)56-54)44-27-21-36(22-28-44)40-25-31-50-43(33-40)20-19-39-10-2-4-15-48(39)50/h1-35H. The van der Waals surface area contributed by atoms with Crippen molar-refractivity contribution in [2.75, 3.05) is 4.90 Å². The van der Waals surface area contributed by atoms with Gasteiger partial charge in [0, 0.05) is 27.8 Å². The quantitative estimate of drug-likeness (QED) is 0.160. The molecule has 0 spiro atoms. The van der Waals surface area contributed by atoms with Crippen LogP contribution in [0.1, 0.15) is 0 Å². The Morgan fingerprint density at radius 2 is 0.821 bits per heavy atom. The van der Waals surface area contributed by atoms with Crippen molar-refractivity contribution in [2.24, 2.45) is 0 Å². The van der Waals surface area contributed by atoms with Crippen molar-refractivity contribution in [2.45, 2.75) is 0 Å². The minimum absolute atomic E-state index is 0.907. The van der Waals surface area contributed by atoms with Crippen LogP contribution >= 0.6 is 0 Å². The number of rotatable bonds is 6. The van der Waals surface area contributed by atoms with Crippen LogP contribution in [0.4, 0.5) is 17.1 Å². The topological polar surface area (TPSA) is 16.4 Å². The van der Waals surface area contributed by atoms with Crippen LogP contribution in [0.5, 0.6) is 0 Å². The number of benzene rings is 10. The molecule has 11 rings (SSSR count). The summed E-state index contributed by atoms with van der Waals surface area (Å²) < 4.78 is 6.12. The van der Waals surface area contributed by atoms with E-state index in [0.29, 0.717) is 0 Å². The fourth-order valence-electron chi connectivity index (χ4n) is 8.44. The number of hydrogen-bond acceptors (Lipinski definition) is 2. The van der Waals surface area contributed by atoms with E-state index in [0.717, 1.165) is 50.1 Å². The van der Waals surface area contributed by atoms with E-state index in [1.54, 1.807) is 0 Å². The third-order valence-corrected chi connectivity index (χ3v) is 11.2. The van der Waals surface area contributed by atoms with Gasteiger partial charge in [-0.15, -0.1) is 0 Å². The third-order valence-electron chi connectivity index (χ3n) is 11.2. The Labute approximate surface area is 325 Å². The molecule has 0 radical (unpaired) electrons. The first-order chi connectivity index (χ1) is 27.7. The van der Waals surface area contributed by atoms with Gasteiger partial charge in [0.25, 0.3) is 0 Å². The van der Waals surface area contributed by atoms with Gasteiger partial charge in [0.2, 0.25) is 0 Å². The Balaban J connectivity index is 0.997. The van der Waals surface area contributed by atoms with E-state index in [2.05, 4.69) is 205 Å². The monoisotopic (exact) mass is 713 g/mol. The lowest BCUT2D eigenvalue weighted by Crippen LogP contribution is -2.10. The highest BCUT2D eigenvalue weighted by Crippen LogP contribution is 2.40.